The van der Waals surface area contributed by atoms with Crippen LogP contribution in [0.1, 0.15) is 11.1 Å². The Morgan fingerprint density at radius 2 is 1.92 bits per heavy atom. The number of aromatic nitrogens is 1. The van der Waals surface area contributed by atoms with Crippen molar-refractivity contribution < 1.29 is 17.9 Å². The highest BCUT2D eigenvalue weighted by Gasteiger charge is 2.30. The number of fused-ring (bicyclic) bond motifs is 1. The summed E-state index contributed by atoms with van der Waals surface area (Å²) in [5.74, 6) is 0.623. The van der Waals surface area contributed by atoms with Crippen molar-refractivity contribution in [1.82, 2.24) is 4.98 Å². The third-order valence-electron chi connectivity index (χ3n) is 3.80. The lowest BCUT2D eigenvalue weighted by molar-refractivity contribution is -0.137. The summed E-state index contributed by atoms with van der Waals surface area (Å²) >= 11 is 0. The van der Waals surface area contributed by atoms with Gasteiger partial charge in [0.2, 0.25) is 0 Å². The first-order valence-electron chi connectivity index (χ1n) is 7.48. The zero-order chi connectivity index (χ0) is 18.0. The number of pyridine rings is 1. The molecule has 25 heavy (non-hydrogen) atoms. The molecule has 0 bridgehead atoms. The van der Waals surface area contributed by atoms with Crippen LogP contribution in [-0.4, -0.2) is 12.1 Å². The molecular formula is C18H15F3N2O2. The summed E-state index contributed by atoms with van der Waals surface area (Å²) in [6.45, 7) is 0.110. The second-order valence-corrected chi connectivity index (χ2v) is 5.51. The van der Waals surface area contributed by atoms with Gasteiger partial charge in [-0.15, -0.1) is 0 Å². The summed E-state index contributed by atoms with van der Waals surface area (Å²) in [5, 5.41) is 3.66. The van der Waals surface area contributed by atoms with Crippen molar-refractivity contribution in [2.75, 3.05) is 12.4 Å². The minimum absolute atomic E-state index is 0.110. The molecule has 0 spiro atoms. The standard InChI is InChI=1S/C18H15F3N2O2/c1-25-15-6-5-11-7-12(17(24)23-16(11)9-15)10-22-14-4-2-3-13(8-14)18(19,20)21/h2-9,22H,10H2,1H3,(H,23,24). The Hall–Kier alpha value is -2.96. The fourth-order valence-electron chi connectivity index (χ4n) is 2.49. The highest BCUT2D eigenvalue weighted by atomic mass is 19.4. The molecule has 0 aliphatic rings. The van der Waals surface area contributed by atoms with E-state index in [1.54, 1.807) is 24.3 Å². The molecule has 3 rings (SSSR count). The number of nitrogens with one attached hydrogen (secondary N) is 2. The molecule has 0 unspecified atom stereocenters. The van der Waals surface area contributed by atoms with E-state index in [4.69, 9.17) is 4.74 Å². The van der Waals surface area contributed by atoms with Crippen LogP contribution in [0.4, 0.5) is 18.9 Å². The van der Waals surface area contributed by atoms with Crippen LogP contribution in [0.5, 0.6) is 5.75 Å². The molecule has 2 N–H and O–H groups in total. The van der Waals surface area contributed by atoms with Crippen LogP contribution in [0.3, 0.4) is 0 Å². The molecule has 3 aromatic rings. The van der Waals surface area contributed by atoms with Gasteiger partial charge in [-0.1, -0.05) is 6.07 Å². The first kappa shape index (κ1) is 16.9. The number of ether oxygens (including phenoxy) is 1. The molecular weight excluding hydrogens is 333 g/mol. The molecule has 2 aromatic carbocycles. The predicted octanol–water partition coefficient (Wildman–Crippen LogP) is 4.17. The van der Waals surface area contributed by atoms with Gasteiger partial charge in [-0.25, -0.2) is 0 Å². The molecule has 0 aliphatic heterocycles. The van der Waals surface area contributed by atoms with E-state index >= 15 is 0 Å². The van der Waals surface area contributed by atoms with E-state index < -0.39 is 11.7 Å². The number of hydrogen-bond donors (Lipinski definition) is 2. The zero-order valence-corrected chi connectivity index (χ0v) is 13.3. The van der Waals surface area contributed by atoms with Gasteiger partial charge in [-0.05, 0) is 41.8 Å². The van der Waals surface area contributed by atoms with Crippen molar-refractivity contribution in [3.05, 3.63) is 70.0 Å². The Morgan fingerprint density at radius 3 is 2.64 bits per heavy atom. The van der Waals surface area contributed by atoms with Crippen LogP contribution in [0.15, 0.2) is 53.3 Å². The van der Waals surface area contributed by atoms with Crippen molar-refractivity contribution in [3.63, 3.8) is 0 Å². The lowest BCUT2D eigenvalue weighted by Crippen LogP contribution is -2.16. The average molecular weight is 348 g/mol. The van der Waals surface area contributed by atoms with E-state index in [-0.39, 0.29) is 12.1 Å². The molecule has 0 amide bonds. The van der Waals surface area contributed by atoms with Crippen LogP contribution in [0.2, 0.25) is 0 Å². The van der Waals surface area contributed by atoms with Gasteiger partial charge in [0.15, 0.2) is 0 Å². The van der Waals surface area contributed by atoms with Gasteiger partial charge in [-0.2, -0.15) is 13.2 Å². The van der Waals surface area contributed by atoms with Crippen molar-refractivity contribution in [3.8, 4) is 5.75 Å². The third kappa shape index (κ3) is 3.76. The summed E-state index contributed by atoms with van der Waals surface area (Å²) in [7, 11) is 1.53. The van der Waals surface area contributed by atoms with E-state index in [1.807, 2.05) is 0 Å². The smallest absolute Gasteiger partial charge is 0.416 e. The van der Waals surface area contributed by atoms with Crippen LogP contribution in [0, 0.1) is 0 Å². The Kier molecular flexibility index (Phi) is 4.39. The number of benzene rings is 2. The molecule has 0 radical (unpaired) electrons. The number of methoxy groups -OCH3 is 1. The Balaban J connectivity index is 1.84. The monoisotopic (exact) mass is 348 g/mol. The van der Waals surface area contributed by atoms with Crippen LogP contribution < -0.4 is 15.6 Å². The highest BCUT2D eigenvalue weighted by Crippen LogP contribution is 2.30. The summed E-state index contributed by atoms with van der Waals surface area (Å²) in [6.07, 6.45) is -4.41. The lowest BCUT2D eigenvalue weighted by atomic mass is 10.1. The number of aromatic amines is 1. The fraction of sp³-hybridized carbons (Fsp3) is 0.167. The van der Waals surface area contributed by atoms with E-state index in [2.05, 4.69) is 10.3 Å². The van der Waals surface area contributed by atoms with Crippen molar-refractivity contribution in [2.24, 2.45) is 0 Å². The topological polar surface area (TPSA) is 54.1 Å². The van der Waals surface area contributed by atoms with E-state index in [0.717, 1.165) is 17.5 Å². The average Bonchev–Trinajstić information content (AvgIpc) is 2.59. The molecule has 0 saturated carbocycles. The second-order valence-electron chi connectivity index (χ2n) is 5.51. The van der Waals surface area contributed by atoms with Crippen LogP contribution >= 0.6 is 0 Å². The van der Waals surface area contributed by atoms with Gasteiger partial charge in [0.25, 0.3) is 5.56 Å². The van der Waals surface area contributed by atoms with Gasteiger partial charge >= 0.3 is 6.18 Å². The molecule has 0 fully saturated rings. The molecule has 1 aromatic heterocycles. The van der Waals surface area contributed by atoms with Gasteiger partial charge in [0, 0.05) is 23.9 Å². The minimum atomic E-state index is -4.41. The summed E-state index contributed by atoms with van der Waals surface area (Å²) in [6, 6.07) is 11.8. The minimum Gasteiger partial charge on any atom is -0.497 e. The summed E-state index contributed by atoms with van der Waals surface area (Å²) in [4.78, 5) is 14.9. The quantitative estimate of drug-likeness (QED) is 0.744. The third-order valence-corrected chi connectivity index (χ3v) is 3.80. The molecule has 4 nitrogen and oxygen atoms in total. The number of anilines is 1. The van der Waals surface area contributed by atoms with E-state index in [1.165, 1.54) is 19.2 Å². The van der Waals surface area contributed by atoms with Gasteiger partial charge in [0.1, 0.15) is 5.75 Å². The highest BCUT2D eigenvalue weighted by molar-refractivity contribution is 5.80. The van der Waals surface area contributed by atoms with Gasteiger partial charge in [0.05, 0.1) is 18.2 Å². The maximum Gasteiger partial charge on any atom is 0.416 e. The maximum absolute atomic E-state index is 12.7. The number of alkyl halides is 3. The molecule has 1 heterocycles. The number of rotatable bonds is 4. The molecule has 0 saturated heterocycles. The molecule has 130 valence electrons. The Labute approximate surface area is 141 Å². The van der Waals surface area contributed by atoms with E-state index in [0.29, 0.717) is 22.5 Å². The van der Waals surface area contributed by atoms with Gasteiger partial charge < -0.3 is 15.0 Å². The Morgan fingerprint density at radius 1 is 1.12 bits per heavy atom. The summed E-state index contributed by atoms with van der Waals surface area (Å²) in [5.41, 5.74) is 0.309. The Bertz CT molecular complexity index is 964. The van der Waals surface area contributed by atoms with Crippen molar-refractivity contribution in [2.45, 2.75) is 12.7 Å². The van der Waals surface area contributed by atoms with Gasteiger partial charge in [-0.3, -0.25) is 4.79 Å². The van der Waals surface area contributed by atoms with Crippen molar-refractivity contribution >= 4 is 16.6 Å². The molecule has 0 atom stereocenters. The number of hydrogen-bond acceptors (Lipinski definition) is 3. The summed E-state index contributed by atoms with van der Waals surface area (Å²) < 4.78 is 43.3. The SMILES string of the molecule is COc1ccc2cc(CNc3cccc(C(F)(F)F)c3)c(=O)[nH]c2c1. The van der Waals surface area contributed by atoms with Crippen LogP contribution in [0.25, 0.3) is 10.9 Å². The van der Waals surface area contributed by atoms with Crippen LogP contribution in [-0.2, 0) is 12.7 Å². The largest absolute Gasteiger partial charge is 0.497 e. The zero-order valence-electron chi connectivity index (χ0n) is 13.3. The first-order valence-corrected chi connectivity index (χ1v) is 7.48. The lowest BCUT2D eigenvalue weighted by Gasteiger charge is -2.11. The van der Waals surface area contributed by atoms with Crippen molar-refractivity contribution in [1.29, 1.82) is 0 Å². The fourth-order valence-corrected chi connectivity index (χ4v) is 2.49. The van der Waals surface area contributed by atoms with E-state index in [9.17, 15) is 18.0 Å². The normalized spacial score (nSPS) is 11.5. The predicted molar refractivity (Wildman–Crippen MR) is 89.9 cm³/mol. The molecule has 0 aliphatic carbocycles. The maximum atomic E-state index is 12.7. The second kappa shape index (κ2) is 6.51. The number of halogens is 3. The molecule has 7 heteroatoms. The number of H-pyrrole nitrogens is 1. The first-order chi connectivity index (χ1) is 11.9.